The van der Waals surface area contributed by atoms with E-state index in [1.54, 1.807) is 20.8 Å². The maximum absolute atomic E-state index is 10.2. The van der Waals surface area contributed by atoms with Gasteiger partial charge in [0.25, 0.3) is 6.71 Å². The lowest BCUT2D eigenvalue weighted by atomic mass is 9.35. The molecule has 0 radical (unpaired) electrons. The van der Waals surface area contributed by atoms with Crippen molar-refractivity contribution in [1.82, 2.24) is 4.57 Å². The van der Waals surface area contributed by atoms with Crippen LogP contribution in [-0.2, 0) is 5.41 Å². The van der Waals surface area contributed by atoms with Gasteiger partial charge in [0.05, 0.1) is 80.7 Å². The predicted molar refractivity (Wildman–Crippen MR) is 229 cm³/mol. The first-order valence-corrected chi connectivity index (χ1v) is 17.4. The largest absolute Gasteiger partial charge is 0.468 e. The van der Waals surface area contributed by atoms with E-state index in [9.17, 15) is 21.9 Å². The second kappa shape index (κ2) is 9.90. The predicted octanol–water partition coefficient (Wildman–Crippen LogP) is 11.4. The quantitative estimate of drug-likeness (QED) is 0.158. The van der Waals surface area contributed by atoms with E-state index in [2.05, 4.69) is 0 Å². The number of rotatable bonds is 1. The van der Waals surface area contributed by atoms with E-state index in [4.69, 9.17) is 17.1 Å². The molecule has 0 spiro atoms. The van der Waals surface area contributed by atoms with Gasteiger partial charge in [-0.15, -0.1) is 0 Å². The van der Waals surface area contributed by atoms with Crippen molar-refractivity contribution in [2.45, 2.75) is 33.1 Å². The van der Waals surface area contributed by atoms with Gasteiger partial charge in [0.1, 0.15) is 16.7 Å². The van der Waals surface area contributed by atoms with Crippen molar-refractivity contribution in [3.8, 4) is 5.69 Å². The average Bonchev–Trinajstić information content (AvgIpc) is 4.33. The van der Waals surface area contributed by atoms with Gasteiger partial charge in [0, 0.05) is 32.9 Å². The Balaban J connectivity index is 1.34. The van der Waals surface area contributed by atoms with Gasteiger partial charge in [-0.1, -0.05) is 93.3 Å². The van der Waals surface area contributed by atoms with Crippen molar-refractivity contribution in [2.24, 2.45) is 0 Å². The Labute approximate surface area is 348 Å². The fourth-order valence-electron chi connectivity index (χ4n) is 8.50. The zero-order valence-corrected chi connectivity index (χ0v) is 29.2. The summed E-state index contributed by atoms with van der Waals surface area (Å²) in [6.07, 6.45) is 0. The van der Waals surface area contributed by atoms with Crippen molar-refractivity contribution >= 4 is 112 Å². The molecule has 0 atom stereocenters. The number of aromatic nitrogens is 1. The summed E-state index contributed by atoms with van der Waals surface area (Å²) in [5.41, 5.74) is -5.54. The number of hydrogen-bond acceptors (Lipinski definition) is 4. The minimum absolute atomic E-state index is 0.0450. The molecule has 0 saturated heterocycles. The lowest BCUT2D eigenvalue weighted by molar-refractivity contribution is 0.590. The van der Waals surface area contributed by atoms with Crippen LogP contribution in [0.2, 0.25) is 0 Å². The van der Waals surface area contributed by atoms with Crippen LogP contribution in [0.3, 0.4) is 0 Å². The molecule has 5 nitrogen and oxygen atoms in total. The molecule has 0 N–H and O–H groups in total. The first kappa shape index (κ1) is 16.0. The molecule has 3 aromatic heterocycles. The van der Waals surface area contributed by atoms with Crippen LogP contribution in [0.4, 0.5) is 34.1 Å². The number of benzene rings is 7. The normalized spacial score (nSPS) is 19.7. The maximum atomic E-state index is 10.2. The minimum atomic E-state index is -1.64. The highest BCUT2D eigenvalue weighted by molar-refractivity contribution is 7.00. The molecule has 3 aliphatic rings. The van der Waals surface area contributed by atoms with Crippen LogP contribution >= 0.6 is 0 Å². The third-order valence-electron chi connectivity index (χ3n) is 10.7. The summed E-state index contributed by atoms with van der Waals surface area (Å²) >= 11 is 0. The molecule has 0 amide bonds. The lowest BCUT2D eigenvalue weighted by Gasteiger charge is -2.45. The van der Waals surface area contributed by atoms with Crippen LogP contribution in [0.15, 0.2) is 142 Å². The highest BCUT2D eigenvalue weighted by atomic mass is 16.3. The first-order chi connectivity index (χ1) is 36.0. The number of nitrogens with zero attached hydrogens (tertiary/aromatic N) is 3. The highest BCUT2D eigenvalue weighted by Crippen LogP contribution is 2.54. The van der Waals surface area contributed by atoms with Gasteiger partial charge < -0.3 is 23.2 Å². The molecule has 0 saturated carbocycles. The molecule has 0 unspecified atom stereocenters. The van der Waals surface area contributed by atoms with Gasteiger partial charge in [-0.25, -0.2) is 0 Å². The summed E-state index contributed by atoms with van der Waals surface area (Å²) in [6.45, 7) is 4.91. The Kier molecular flexibility index (Phi) is 2.88. The first-order valence-electron chi connectivity index (χ1n) is 28.4. The third-order valence-corrected chi connectivity index (χ3v) is 10.7. The van der Waals surface area contributed by atoms with Gasteiger partial charge in [-0.2, -0.15) is 0 Å². The van der Waals surface area contributed by atoms with Gasteiger partial charge in [0.15, 0.2) is 0 Å². The molecule has 55 heavy (non-hydrogen) atoms. The summed E-state index contributed by atoms with van der Waals surface area (Å²) in [7, 11) is 0. The van der Waals surface area contributed by atoms with Crippen molar-refractivity contribution in [1.29, 1.82) is 0 Å². The summed E-state index contributed by atoms with van der Waals surface area (Å²) in [4.78, 5) is 2.50. The van der Waals surface area contributed by atoms with Crippen LogP contribution in [-0.4, -0.2) is 11.3 Å². The molecule has 13 rings (SSSR count). The van der Waals surface area contributed by atoms with Crippen LogP contribution in [0.25, 0.3) is 60.4 Å². The molecular weight excluding hydrogens is 673 g/mol. The van der Waals surface area contributed by atoms with E-state index >= 15 is 0 Å². The zero-order chi connectivity index (χ0) is 55.6. The molecule has 0 aliphatic carbocycles. The van der Waals surface area contributed by atoms with Crippen LogP contribution < -0.4 is 26.4 Å². The Morgan fingerprint density at radius 3 is 2.09 bits per heavy atom. The summed E-state index contributed by atoms with van der Waals surface area (Å²) < 4.78 is 220. The molecular formula is C49H34BN3O2. The van der Waals surface area contributed by atoms with E-state index in [1.807, 2.05) is 0 Å². The molecule has 10 aromatic rings. The number of para-hydroxylation sites is 4. The lowest BCUT2D eigenvalue weighted by Crippen LogP contribution is -2.61. The average molecular weight is 730 g/mol. The van der Waals surface area contributed by atoms with E-state index in [-0.39, 0.29) is 106 Å². The second-order valence-corrected chi connectivity index (χ2v) is 14.8. The van der Waals surface area contributed by atoms with E-state index in [0.29, 0.717) is 0 Å². The number of furan rings is 2. The van der Waals surface area contributed by atoms with Gasteiger partial charge in [-0.3, -0.25) is 0 Å². The zero-order valence-electron chi connectivity index (χ0n) is 51.2. The van der Waals surface area contributed by atoms with E-state index < -0.39 is 161 Å². The third kappa shape index (κ3) is 3.60. The summed E-state index contributed by atoms with van der Waals surface area (Å²) in [6, 6.07) is -14.0. The Bertz CT molecular complexity index is 4630. The van der Waals surface area contributed by atoms with Crippen molar-refractivity contribution in [2.75, 3.05) is 9.80 Å². The smallest absolute Gasteiger partial charge is 0.297 e. The fraction of sp³-hybridized carbons (Fsp3) is 0.102. The Morgan fingerprint density at radius 2 is 1.24 bits per heavy atom. The fourth-order valence-corrected chi connectivity index (χ4v) is 8.50. The molecule has 260 valence electrons. The van der Waals surface area contributed by atoms with Gasteiger partial charge >= 0.3 is 0 Å². The molecule has 7 aromatic carbocycles. The Hall–Kier alpha value is -6.66. The highest BCUT2D eigenvalue weighted by Gasteiger charge is 2.49. The van der Waals surface area contributed by atoms with E-state index in [0.717, 1.165) is 0 Å². The van der Waals surface area contributed by atoms with Crippen molar-refractivity contribution in [3.63, 3.8) is 0 Å². The van der Waals surface area contributed by atoms with Crippen molar-refractivity contribution < 1.29 is 39.0 Å². The molecule has 0 fully saturated rings. The molecule has 6 heterocycles. The summed E-state index contributed by atoms with van der Waals surface area (Å²) in [5.74, 6) is 0. The van der Waals surface area contributed by atoms with Crippen molar-refractivity contribution in [3.05, 3.63) is 144 Å². The number of hydrogen-bond donors (Lipinski definition) is 0. The molecule has 0 bridgehead atoms. The topological polar surface area (TPSA) is 37.7 Å². The number of anilines is 6. The van der Waals surface area contributed by atoms with E-state index in [1.165, 1.54) is 21.3 Å². The monoisotopic (exact) mass is 729 g/mol. The maximum Gasteiger partial charge on any atom is 0.297 e. The van der Waals surface area contributed by atoms with Gasteiger partial charge in [0.2, 0.25) is 0 Å². The Morgan fingerprint density at radius 1 is 0.564 bits per heavy atom. The standard InChI is InChI=1S/C49H34BN3O2/c1-27-24-38-44-39(25-27)53-36-18-9-14-30-29-12-5-7-16-34(29)51(45(30)36)37-19-10-15-33(47(37)53)50(44)48-46(32-26-28(49(2,3)4)22-23-41(32)55-48)52(38)35-17-11-21-42-43(35)31-13-6-8-20-40(31)54-42/h5-26H,1-4H3/i5D,6D,7D,8D,9D,10D,11D,12D,13D,14D,15D,16D,17D,18D,19D,20D,21D,22D,23D,24D,25D,26D. The number of fused-ring (bicyclic) bond motifs is 14. The minimum Gasteiger partial charge on any atom is -0.468 e. The SMILES string of the molecule is [2H]c1c([2H])c2c3c(c1[2H])-n1c4c([2H])c([2H])c([2H])c([2H])c4c4c([2H])c([2H])c([2H])c(c41)N3c1c([2H])c(C)c([2H])c3c1B2c1oc2c([2H])c([2H])c(C(C)(C)C)c([2H])c2c1N3c1c([2H])c([2H])c([2H])c2oc3c([2H])c([2H])c([2H])c([2H])c3c12. The summed E-state index contributed by atoms with van der Waals surface area (Å²) in [5, 5.41) is -1.36. The molecule has 6 heteroatoms. The second-order valence-electron chi connectivity index (χ2n) is 14.8. The van der Waals surface area contributed by atoms with Crippen LogP contribution in [0.5, 0.6) is 0 Å². The van der Waals surface area contributed by atoms with Crippen LogP contribution in [0, 0.1) is 6.92 Å². The van der Waals surface area contributed by atoms with Crippen LogP contribution in [0.1, 0.15) is 62.1 Å². The molecule has 3 aliphatic heterocycles. The van der Waals surface area contributed by atoms with Gasteiger partial charge in [-0.05, 0) is 94.8 Å².